The van der Waals surface area contributed by atoms with Crippen LogP contribution in [0.15, 0.2) is 81.9 Å². The standard InChI is InChI=1S/C27H15FN8O2/c1-14-5-7-18-20(9-14)29-12-22(31-18)26-35-33-24(37-26)15-3-2-4-16(10-15)25-34-36-27(38-25)23-13-30-21-11-17(28)6-8-19(21)32-23/h2-13H,1H3. The third-order valence-electron chi connectivity index (χ3n) is 5.85. The van der Waals surface area contributed by atoms with Crippen molar-refractivity contribution >= 4 is 22.1 Å². The van der Waals surface area contributed by atoms with Crippen molar-refractivity contribution in [3.05, 3.63) is 84.4 Å². The summed E-state index contributed by atoms with van der Waals surface area (Å²) < 4.78 is 25.2. The Morgan fingerprint density at radius 2 is 1.13 bits per heavy atom. The Hall–Kier alpha value is -5.45. The summed E-state index contributed by atoms with van der Waals surface area (Å²) >= 11 is 0. The van der Waals surface area contributed by atoms with Crippen LogP contribution in [0, 0.1) is 12.7 Å². The smallest absolute Gasteiger partial charge is 0.268 e. The van der Waals surface area contributed by atoms with Gasteiger partial charge in [0.1, 0.15) is 17.2 Å². The minimum atomic E-state index is -0.381. The molecule has 7 rings (SSSR count). The molecule has 0 unspecified atom stereocenters. The van der Waals surface area contributed by atoms with E-state index in [9.17, 15) is 4.39 Å². The molecule has 0 atom stereocenters. The van der Waals surface area contributed by atoms with Crippen LogP contribution in [0.4, 0.5) is 4.39 Å². The minimum Gasteiger partial charge on any atom is -0.415 e. The average Bonchev–Trinajstić information content (AvgIpc) is 3.64. The topological polar surface area (TPSA) is 129 Å². The van der Waals surface area contributed by atoms with Gasteiger partial charge in [0.15, 0.2) is 0 Å². The predicted molar refractivity (Wildman–Crippen MR) is 135 cm³/mol. The summed E-state index contributed by atoms with van der Waals surface area (Å²) in [6.07, 6.45) is 3.08. The lowest BCUT2D eigenvalue weighted by molar-refractivity contribution is 0.580. The third kappa shape index (κ3) is 3.91. The van der Waals surface area contributed by atoms with Gasteiger partial charge >= 0.3 is 0 Å². The van der Waals surface area contributed by atoms with Gasteiger partial charge in [-0.05, 0) is 55.0 Å². The van der Waals surface area contributed by atoms with E-state index in [2.05, 4.69) is 40.3 Å². The lowest BCUT2D eigenvalue weighted by atomic mass is 10.1. The molecule has 0 saturated heterocycles. The van der Waals surface area contributed by atoms with Gasteiger partial charge < -0.3 is 8.83 Å². The first-order chi connectivity index (χ1) is 18.6. The van der Waals surface area contributed by atoms with Crippen molar-refractivity contribution in [2.24, 2.45) is 0 Å². The Morgan fingerprint density at radius 1 is 0.579 bits per heavy atom. The summed E-state index contributed by atoms with van der Waals surface area (Å²) in [5.74, 6) is 0.649. The van der Waals surface area contributed by atoms with Gasteiger partial charge in [-0.3, -0.25) is 9.97 Å². The van der Waals surface area contributed by atoms with E-state index in [1.165, 1.54) is 18.3 Å². The monoisotopic (exact) mass is 502 g/mol. The highest BCUT2D eigenvalue weighted by atomic mass is 19.1. The molecular formula is C27H15FN8O2. The molecule has 0 aliphatic heterocycles. The predicted octanol–water partition coefficient (Wildman–Crippen LogP) is 5.45. The molecule has 0 N–H and O–H groups in total. The fourth-order valence-electron chi connectivity index (χ4n) is 3.98. The van der Waals surface area contributed by atoms with Crippen molar-refractivity contribution < 1.29 is 13.2 Å². The zero-order valence-corrected chi connectivity index (χ0v) is 19.7. The van der Waals surface area contributed by atoms with Gasteiger partial charge in [-0.25, -0.2) is 14.4 Å². The van der Waals surface area contributed by atoms with E-state index < -0.39 is 0 Å². The van der Waals surface area contributed by atoms with Crippen LogP contribution in [0.5, 0.6) is 0 Å². The average molecular weight is 502 g/mol. The van der Waals surface area contributed by atoms with Gasteiger partial charge in [-0.1, -0.05) is 12.1 Å². The summed E-state index contributed by atoms with van der Waals surface area (Å²) in [6, 6.07) is 17.3. The summed E-state index contributed by atoms with van der Waals surface area (Å²) in [5.41, 5.74) is 5.78. The fourth-order valence-corrected chi connectivity index (χ4v) is 3.98. The number of fused-ring (bicyclic) bond motifs is 2. The summed E-state index contributed by atoms with van der Waals surface area (Å²) in [7, 11) is 0. The molecule has 11 heteroatoms. The van der Waals surface area contributed by atoms with Crippen LogP contribution in [0.1, 0.15) is 5.56 Å². The molecule has 0 spiro atoms. The van der Waals surface area contributed by atoms with Crippen molar-refractivity contribution in [3.8, 4) is 46.1 Å². The van der Waals surface area contributed by atoms with Crippen LogP contribution in [0.25, 0.3) is 68.1 Å². The van der Waals surface area contributed by atoms with Gasteiger partial charge in [0.25, 0.3) is 11.8 Å². The quantitative estimate of drug-likeness (QED) is 0.306. The van der Waals surface area contributed by atoms with Crippen LogP contribution < -0.4 is 0 Å². The number of halogens is 1. The first kappa shape index (κ1) is 21.8. The number of benzene rings is 3. The zero-order chi connectivity index (χ0) is 25.6. The normalized spacial score (nSPS) is 11.4. The molecule has 0 bridgehead atoms. The molecule has 0 aliphatic rings. The summed E-state index contributed by atoms with van der Waals surface area (Å²) in [4.78, 5) is 17.7. The molecule has 3 aromatic carbocycles. The van der Waals surface area contributed by atoms with Gasteiger partial charge in [-0.2, -0.15) is 0 Å². The molecule has 0 saturated carbocycles. The van der Waals surface area contributed by atoms with Crippen LogP contribution in [0.3, 0.4) is 0 Å². The number of hydrogen-bond acceptors (Lipinski definition) is 10. The Kier molecular flexibility index (Phi) is 4.93. The Labute approximate surface area is 213 Å². The zero-order valence-electron chi connectivity index (χ0n) is 19.7. The van der Waals surface area contributed by atoms with E-state index in [1.54, 1.807) is 18.3 Å². The van der Waals surface area contributed by atoms with Crippen LogP contribution >= 0.6 is 0 Å². The molecule has 0 radical (unpaired) electrons. The van der Waals surface area contributed by atoms with E-state index in [4.69, 9.17) is 8.83 Å². The molecule has 7 aromatic rings. The molecule has 38 heavy (non-hydrogen) atoms. The summed E-state index contributed by atoms with van der Waals surface area (Å²) in [6.45, 7) is 2.00. The second kappa shape index (κ2) is 8.59. The maximum atomic E-state index is 13.4. The SMILES string of the molecule is Cc1ccc2nc(-c3nnc(-c4cccc(-c5nnc(-c6cnc7cc(F)ccc7n6)o5)c4)o3)cnc2c1. The molecule has 4 heterocycles. The van der Waals surface area contributed by atoms with Crippen LogP contribution in [-0.2, 0) is 0 Å². The molecule has 0 aliphatic carbocycles. The highest BCUT2D eigenvalue weighted by Gasteiger charge is 2.17. The van der Waals surface area contributed by atoms with Gasteiger partial charge in [0, 0.05) is 17.2 Å². The van der Waals surface area contributed by atoms with Crippen molar-refractivity contribution in [2.75, 3.05) is 0 Å². The summed E-state index contributed by atoms with van der Waals surface area (Å²) in [5, 5.41) is 16.6. The number of aromatic nitrogens is 8. The maximum absolute atomic E-state index is 13.4. The molecule has 4 aromatic heterocycles. The highest BCUT2D eigenvalue weighted by Crippen LogP contribution is 2.29. The van der Waals surface area contributed by atoms with Gasteiger partial charge in [-0.15, -0.1) is 20.4 Å². The van der Waals surface area contributed by atoms with Crippen LogP contribution in [-0.4, -0.2) is 40.3 Å². The molecular weight excluding hydrogens is 487 g/mol. The lowest BCUT2D eigenvalue weighted by Crippen LogP contribution is -1.89. The van der Waals surface area contributed by atoms with E-state index in [0.717, 1.165) is 16.6 Å². The molecule has 182 valence electrons. The highest BCUT2D eigenvalue weighted by molar-refractivity contribution is 5.77. The van der Waals surface area contributed by atoms with E-state index in [1.807, 2.05) is 43.3 Å². The fraction of sp³-hybridized carbons (Fsp3) is 0.0370. The molecule has 10 nitrogen and oxygen atoms in total. The first-order valence-corrected chi connectivity index (χ1v) is 11.5. The van der Waals surface area contributed by atoms with Crippen molar-refractivity contribution in [3.63, 3.8) is 0 Å². The van der Waals surface area contributed by atoms with Crippen molar-refractivity contribution in [1.82, 2.24) is 40.3 Å². The Bertz CT molecular complexity index is 1850. The second-order valence-electron chi connectivity index (χ2n) is 8.54. The number of aryl methyl sites for hydroxylation is 1. The largest absolute Gasteiger partial charge is 0.415 e. The van der Waals surface area contributed by atoms with Gasteiger partial charge in [0.05, 0.1) is 34.5 Å². The van der Waals surface area contributed by atoms with E-state index in [-0.39, 0.29) is 23.5 Å². The van der Waals surface area contributed by atoms with E-state index >= 15 is 0 Å². The second-order valence-corrected chi connectivity index (χ2v) is 8.54. The van der Waals surface area contributed by atoms with Crippen molar-refractivity contribution in [2.45, 2.75) is 6.92 Å². The molecule has 0 amide bonds. The maximum Gasteiger partial charge on any atom is 0.268 e. The first-order valence-electron chi connectivity index (χ1n) is 11.5. The third-order valence-corrected chi connectivity index (χ3v) is 5.85. The Balaban J connectivity index is 1.18. The van der Waals surface area contributed by atoms with Gasteiger partial charge in [0.2, 0.25) is 11.8 Å². The lowest BCUT2D eigenvalue weighted by Gasteiger charge is -2.00. The van der Waals surface area contributed by atoms with Crippen molar-refractivity contribution in [1.29, 1.82) is 0 Å². The van der Waals surface area contributed by atoms with Crippen LogP contribution in [0.2, 0.25) is 0 Å². The Morgan fingerprint density at radius 3 is 1.76 bits per heavy atom. The number of nitrogens with zero attached hydrogens (tertiary/aromatic N) is 8. The molecule has 0 fully saturated rings. The number of rotatable bonds is 4. The minimum absolute atomic E-state index is 0.189. The number of hydrogen-bond donors (Lipinski definition) is 0. The van der Waals surface area contributed by atoms with E-state index in [0.29, 0.717) is 39.4 Å².